The number of hydrogen-bond acceptors (Lipinski definition) is 5. The van der Waals surface area contributed by atoms with Gasteiger partial charge in [-0.1, -0.05) is 6.07 Å². The van der Waals surface area contributed by atoms with Crippen molar-refractivity contribution in [1.82, 2.24) is 14.4 Å². The summed E-state index contributed by atoms with van der Waals surface area (Å²) in [4.78, 5) is 29.6. The summed E-state index contributed by atoms with van der Waals surface area (Å²) < 4.78 is 12.2. The number of aromatic nitrogens is 1. The molecule has 0 aliphatic carbocycles. The number of aryl methyl sites for hydroxylation is 1. The Labute approximate surface area is 164 Å². The van der Waals surface area contributed by atoms with E-state index < -0.39 is 0 Å². The summed E-state index contributed by atoms with van der Waals surface area (Å²) in [5.74, 6) is -0.268. The van der Waals surface area contributed by atoms with E-state index in [2.05, 4.69) is 0 Å². The Morgan fingerprint density at radius 1 is 1.07 bits per heavy atom. The van der Waals surface area contributed by atoms with Crippen LogP contribution in [0.15, 0.2) is 35.8 Å². The van der Waals surface area contributed by atoms with Gasteiger partial charge in [0, 0.05) is 46.2 Å². The number of methoxy groups -OCH3 is 2. The van der Waals surface area contributed by atoms with Gasteiger partial charge in [-0.15, -0.1) is 11.3 Å². The fourth-order valence-corrected chi connectivity index (χ4v) is 3.31. The van der Waals surface area contributed by atoms with Crippen molar-refractivity contribution in [2.45, 2.75) is 6.54 Å². The minimum Gasteiger partial charge on any atom is -0.383 e. The van der Waals surface area contributed by atoms with Gasteiger partial charge in [0.2, 0.25) is 5.91 Å². The second kappa shape index (κ2) is 10.9. The molecule has 0 saturated carbocycles. The van der Waals surface area contributed by atoms with Crippen molar-refractivity contribution in [1.29, 1.82) is 0 Å². The largest absolute Gasteiger partial charge is 0.383 e. The number of nitrogens with zero attached hydrogens (tertiary/aromatic N) is 3. The van der Waals surface area contributed by atoms with Crippen LogP contribution in [-0.2, 0) is 27.9 Å². The van der Waals surface area contributed by atoms with E-state index in [0.717, 1.165) is 5.69 Å². The Morgan fingerprint density at radius 2 is 1.78 bits per heavy atom. The molecular weight excluding hydrogens is 366 g/mol. The summed E-state index contributed by atoms with van der Waals surface area (Å²) in [7, 11) is 5.13. The van der Waals surface area contributed by atoms with Crippen LogP contribution in [0.25, 0.3) is 0 Å². The van der Waals surface area contributed by atoms with Crippen LogP contribution in [-0.4, -0.2) is 73.2 Å². The van der Waals surface area contributed by atoms with E-state index in [1.165, 1.54) is 11.3 Å². The molecule has 0 bridgehead atoms. The monoisotopic (exact) mass is 393 g/mol. The van der Waals surface area contributed by atoms with Crippen LogP contribution in [0.5, 0.6) is 0 Å². The van der Waals surface area contributed by atoms with Crippen molar-refractivity contribution in [2.24, 2.45) is 7.05 Å². The van der Waals surface area contributed by atoms with Gasteiger partial charge in [-0.25, -0.2) is 0 Å². The highest BCUT2D eigenvalue weighted by atomic mass is 32.1. The predicted octanol–water partition coefficient (Wildman–Crippen LogP) is 1.85. The molecule has 2 rings (SSSR count). The van der Waals surface area contributed by atoms with E-state index in [1.54, 1.807) is 30.1 Å². The molecule has 148 valence electrons. The zero-order valence-corrected chi connectivity index (χ0v) is 16.9. The van der Waals surface area contributed by atoms with Crippen LogP contribution in [0, 0.1) is 0 Å². The molecule has 2 aromatic rings. The van der Waals surface area contributed by atoms with E-state index in [1.807, 2.05) is 41.4 Å². The van der Waals surface area contributed by atoms with Gasteiger partial charge in [0.15, 0.2) is 0 Å². The summed E-state index contributed by atoms with van der Waals surface area (Å²) in [5, 5.41) is 1.85. The van der Waals surface area contributed by atoms with Crippen molar-refractivity contribution >= 4 is 23.2 Å². The smallest absolute Gasteiger partial charge is 0.264 e. The van der Waals surface area contributed by atoms with Crippen LogP contribution < -0.4 is 0 Å². The second-order valence-electron chi connectivity index (χ2n) is 6.12. The number of thiophene rings is 1. The molecule has 0 aliphatic heterocycles. The third-order valence-corrected chi connectivity index (χ3v) is 5.09. The molecule has 0 radical (unpaired) electrons. The third kappa shape index (κ3) is 6.20. The molecule has 0 aliphatic rings. The molecule has 2 aromatic heterocycles. The lowest BCUT2D eigenvalue weighted by atomic mass is 10.3. The third-order valence-electron chi connectivity index (χ3n) is 4.23. The van der Waals surface area contributed by atoms with Crippen LogP contribution in [0.4, 0.5) is 0 Å². The van der Waals surface area contributed by atoms with Crippen LogP contribution in [0.1, 0.15) is 15.4 Å². The Balaban J connectivity index is 2.10. The number of hydrogen-bond donors (Lipinski definition) is 0. The normalized spacial score (nSPS) is 10.8. The quantitative estimate of drug-likeness (QED) is 0.585. The van der Waals surface area contributed by atoms with Crippen LogP contribution in [0.2, 0.25) is 0 Å². The molecule has 0 spiro atoms. The van der Waals surface area contributed by atoms with Gasteiger partial charge in [0.05, 0.1) is 24.6 Å². The minimum atomic E-state index is -0.152. The molecule has 0 unspecified atom stereocenters. The summed E-state index contributed by atoms with van der Waals surface area (Å²) in [6.07, 6.45) is 1.94. The number of amides is 2. The summed E-state index contributed by atoms with van der Waals surface area (Å²) in [6, 6.07) is 7.52. The molecule has 27 heavy (non-hydrogen) atoms. The van der Waals surface area contributed by atoms with Crippen molar-refractivity contribution in [3.8, 4) is 0 Å². The predicted molar refractivity (Wildman–Crippen MR) is 105 cm³/mol. The summed E-state index contributed by atoms with van der Waals surface area (Å²) >= 11 is 1.37. The fourth-order valence-electron chi connectivity index (χ4n) is 2.62. The van der Waals surface area contributed by atoms with Gasteiger partial charge in [0.1, 0.15) is 6.54 Å². The Kier molecular flexibility index (Phi) is 8.50. The number of carbonyl (C=O) groups is 2. The molecule has 8 heteroatoms. The van der Waals surface area contributed by atoms with E-state index in [9.17, 15) is 9.59 Å². The lowest BCUT2D eigenvalue weighted by molar-refractivity contribution is -0.133. The average molecular weight is 394 g/mol. The van der Waals surface area contributed by atoms with Crippen molar-refractivity contribution in [3.63, 3.8) is 0 Å². The lowest BCUT2D eigenvalue weighted by Gasteiger charge is -2.27. The van der Waals surface area contributed by atoms with Crippen molar-refractivity contribution < 1.29 is 19.1 Å². The Hall–Kier alpha value is -2.16. The molecular formula is C19H27N3O4S. The topological polar surface area (TPSA) is 64.0 Å². The maximum atomic E-state index is 13.0. The highest BCUT2D eigenvalue weighted by Gasteiger charge is 2.23. The average Bonchev–Trinajstić information content (AvgIpc) is 3.33. The fraction of sp³-hybridized carbons (Fsp3) is 0.474. The maximum Gasteiger partial charge on any atom is 0.264 e. The molecule has 0 N–H and O–H groups in total. The van der Waals surface area contributed by atoms with Crippen LogP contribution in [0.3, 0.4) is 0 Å². The molecule has 2 heterocycles. The van der Waals surface area contributed by atoms with Gasteiger partial charge >= 0.3 is 0 Å². The Bertz CT molecular complexity index is 714. The first-order valence-electron chi connectivity index (χ1n) is 8.75. The van der Waals surface area contributed by atoms with Gasteiger partial charge < -0.3 is 23.8 Å². The molecule has 0 aromatic carbocycles. The standard InChI is InChI=1S/C19H27N3O4S/c1-20-8-4-6-16(20)14-21(9-11-25-2)18(23)15-22(10-12-26-3)19(24)17-7-5-13-27-17/h4-8,13H,9-12,14-15H2,1-3H3. The van der Waals surface area contributed by atoms with Crippen molar-refractivity contribution in [3.05, 3.63) is 46.4 Å². The zero-order chi connectivity index (χ0) is 19.6. The number of rotatable bonds is 11. The van der Waals surface area contributed by atoms with Gasteiger partial charge in [-0.3, -0.25) is 9.59 Å². The Morgan fingerprint density at radius 3 is 2.33 bits per heavy atom. The minimum absolute atomic E-state index is 0.00817. The number of ether oxygens (including phenoxy) is 2. The van der Waals surface area contributed by atoms with Gasteiger partial charge in [-0.05, 0) is 23.6 Å². The highest BCUT2D eigenvalue weighted by molar-refractivity contribution is 7.12. The maximum absolute atomic E-state index is 13.0. The summed E-state index contributed by atoms with van der Waals surface area (Å²) in [6.45, 7) is 2.12. The SMILES string of the molecule is COCCN(Cc1cccn1C)C(=O)CN(CCOC)C(=O)c1cccs1. The van der Waals surface area contributed by atoms with Crippen LogP contribution >= 0.6 is 11.3 Å². The van der Waals surface area contributed by atoms with E-state index in [4.69, 9.17) is 9.47 Å². The van der Waals surface area contributed by atoms with E-state index in [-0.39, 0.29) is 18.4 Å². The first kappa shape index (κ1) is 21.1. The number of carbonyl (C=O) groups excluding carboxylic acids is 2. The van der Waals surface area contributed by atoms with E-state index in [0.29, 0.717) is 37.7 Å². The summed E-state index contributed by atoms with van der Waals surface area (Å²) in [5.41, 5.74) is 1.02. The highest BCUT2D eigenvalue weighted by Crippen LogP contribution is 2.13. The lowest BCUT2D eigenvalue weighted by Crippen LogP contribution is -2.44. The first-order valence-corrected chi connectivity index (χ1v) is 9.63. The first-order chi connectivity index (χ1) is 13.1. The molecule has 7 nitrogen and oxygen atoms in total. The molecule has 0 saturated heterocycles. The molecule has 2 amide bonds. The van der Waals surface area contributed by atoms with Crippen molar-refractivity contribution in [2.75, 3.05) is 47.1 Å². The molecule has 0 fully saturated rings. The van der Waals surface area contributed by atoms with Gasteiger partial charge in [-0.2, -0.15) is 0 Å². The van der Waals surface area contributed by atoms with E-state index >= 15 is 0 Å². The molecule has 0 atom stereocenters. The van der Waals surface area contributed by atoms with Gasteiger partial charge in [0.25, 0.3) is 5.91 Å². The zero-order valence-electron chi connectivity index (χ0n) is 16.1. The second-order valence-corrected chi connectivity index (χ2v) is 7.06.